The molecule has 2 aromatic heterocycles. The molecule has 0 radical (unpaired) electrons. The lowest BCUT2D eigenvalue weighted by Gasteiger charge is -2.44. The van der Waals surface area contributed by atoms with Crippen molar-refractivity contribution in [3.63, 3.8) is 0 Å². The zero-order chi connectivity index (χ0) is 20.4. The van der Waals surface area contributed by atoms with E-state index < -0.39 is 6.03 Å². The summed E-state index contributed by atoms with van der Waals surface area (Å²) in [6, 6.07) is 4.31. The van der Waals surface area contributed by atoms with Gasteiger partial charge in [-0.25, -0.2) is 9.78 Å². The summed E-state index contributed by atoms with van der Waals surface area (Å²) in [5.41, 5.74) is 7.13. The number of nitrogens with zero attached hydrogens (tertiary/aromatic N) is 2. The SMILES string of the molecule is Nc1cnc(Cl)cc1NC(=O)Nc1ccnc(C(=O)NC2CC(C3CCC3)C2)c1. The zero-order valence-corrected chi connectivity index (χ0v) is 16.6. The van der Waals surface area contributed by atoms with Gasteiger partial charge in [0.25, 0.3) is 5.91 Å². The molecule has 2 aromatic rings. The van der Waals surface area contributed by atoms with Gasteiger partial charge in [-0.1, -0.05) is 30.9 Å². The summed E-state index contributed by atoms with van der Waals surface area (Å²) in [6.45, 7) is 0. The number of hydrogen-bond donors (Lipinski definition) is 4. The van der Waals surface area contributed by atoms with Crippen molar-refractivity contribution in [2.24, 2.45) is 11.8 Å². The fraction of sp³-hybridized carbons (Fsp3) is 0.400. The van der Waals surface area contributed by atoms with Gasteiger partial charge < -0.3 is 21.7 Å². The Morgan fingerprint density at radius 3 is 2.62 bits per heavy atom. The van der Waals surface area contributed by atoms with Crippen LogP contribution in [0, 0.1) is 11.8 Å². The Morgan fingerprint density at radius 1 is 1.10 bits per heavy atom. The van der Waals surface area contributed by atoms with E-state index in [-0.39, 0.29) is 22.8 Å². The van der Waals surface area contributed by atoms with Crippen molar-refractivity contribution in [2.45, 2.75) is 38.1 Å². The number of halogens is 1. The third-order valence-electron chi connectivity index (χ3n) is 5.73. The lowest BCUT2D eigenvalue weighted by molar-refractivity contribution is 0.0736. The van der Waals surface area contributed by atoms with Gasteiger partial charge in [0.15, 0.2) is 0 Å². The Bertz CT molecular complexity index is 927. The van der Waals surface area contributed by atoms with Crippen LogP contribution in [-0.2, 0) is 0 Å². The van der Waals surface area contributed by atoms with Crippen molar-refractivity contribution >= 4 is 40.6 Å². The monoisotopic (exact) mass is 414 g/mol. The van der Waals surface area contributed by atoms with Crippen molar-refractivity contribution in [1.29, 1.82) is 0 Å². The topological polar surface area (TPSA) is 122 Å². The average Bonchev–Trinajstić information content (AvgIpc) is 2.61. The number of carbonyl (C=O) groups excluding carboxylic acids is 2. The summed E-state index contributed by atoms with van der Waals surface area (Å²) in [4.78, 5) is 32.7. The molecular formula is C20H23ClN6O2. The van der Waals surface area contributed by atoms with Crippen LogP contribution in [-0.4, -0.2) is 27.9 Å². The predicted octanol–water partition coefficient (Wildman–Crippen LogP) is 3.66. The maximum absolute atomic E-state index is 12.5. The van der Waals surface area contributed by atoms with E-state index in [1.807, 2.05) is 0 Å². The Balaban J connectivity index is 1.31. The molecule has 0 atom stereocenters. The molecule has 0 unspecified atom stereocenters. The van der Waals surface area contributed by atoms with Gasteiger partial charge in [0.05, 0.1) is 17.6 Å². The molecule has 2 heterocycles. The predicted molar refractivity (Wildman–Crippen MR) is 112 cm³/mol. The smallest absolute Gasteiger partial charge is 0.323 e. The second-order valence-corrected chi connectivity index (χ2v) is 8.08. The van der Waals surface area contributed by atoms with E-state index in [9.17, 15) is 9.59 Å². The minimum Gasteiger partial charge on any atom is -0.396 e. The Morgan fingerprint density at radius 2 is 1.90 bits per heavy atom. The van der Waals surface area contributed by atoms with Gasteiger partial charge in [-0.3, -0.25) is 9.78 Å². The van der Waals surface area contributed by atoms with E-state index in [2.05, 4.69) is 25.9 Å². The van der Waals surface area contributed by atoms with Crippen molar-refractivity contribution in [1.82, 2.24) is 15.3 Å². The number of carbonyl (C=O) groups is 2. The van der Waals surface area contributed by atoms with Crippen LogP contribution in [0.5, 0.6) is 0 Å². The third-order valence-corrected chi connectivity index (χ3v) is 5.93. The van der Waals surface area contributed by atoms with Crippen molar-refractivity contribution in [2.75, 3.05) is 16.4 Å². The number of aromatic nitrogens is 2. The zero-order valence-electron chi connectivity index (χ0n) is 15.8. The minimum atomic E-state index is -0.515. The highest BCUT2D eigenvalue weighted by Crippen LogP contribution is 2.43. The molecule has 0 aromatic carbocycles. The van der Waals surface area contributed by atoms with Gasteiger partial charge in [-0.05, 0) is 36.8 Å². The number of pyridine rings is 2. The molecule has 3 amide bonds. The third kappa shape index (κ3) is 4.59. The molecule has 0 aliphatic heterocycles. The van der Waals surface area contributed by atoms with Crippen molar-refractivity contribution in [3.8, 4) is 0 Å². The van der Waals surface area contributed by atoms with Crippen molar-refractivity contribution in [3.05, 3.63) is 41.4 Å². The molecule has 2 saturated carbocycles. The molecule has 8 nitrogen and oxygen atoms in total. The van der Waals surface area contributed by atoms with Crippen LogP contribution >= 0.6 is 11.6 Å². The van der Waals surface area contributed by atoms with Crippen LogP contribution in [0.25, 0.3) is 0 Å². The fourth-order valence-electron chi connectivity index (χ4n) is 3.80. The van der Waals surface area contributed by atoms with E-state index in [4.69, 9.17) is 17.3 Å². The molecular weight excluding hydrogens is 392 g/mol. The van der Waals surface area contributed by atoms with Gasteiger partial charge in [0, 0.05) is 24.0 Å². The average molecular weight is 415 g/mol. The van der Waals surface area contributed by atoms with E-state index in [1.165, 1.54) is 37.7 Å². The summed E-state index contributed by atoms with van der Waals surface area (Å²) >= 11 is 5.82. The largest absolute Gasteiger partial charge is 0.396 e. The molecule has 152 valence electrons. The summed E-state index contributed by atoms with van der Waals surface area (Å²) < 4.78 is 0. The van der Waals surface area contributed by atoms with Gasteiger partial charge in [0.2, 0.25) is 0 Å². The van der Waals surface area contributed by atoms with Gasteiger partial charge in [0.1, 0.15) is 10.8 Å². The van der Waals surface area contributed by atoms with Gasteiger partial charge in [-0.15, -0.1) is 0 Å². The lowest BCUT2D eigenvalue weighted by Crippen LogP contribution is -2.47. The van der Waals surface area contributed by atoms with E-state index >= 15 is 0 Å². The van der Waals surface area contributed by atoms with E-state index in [1.54, 1.807) is 12.1 Å². The first kappa shape index (κ1) is 19.4. The number of rotatable bonds is 5. The highest BCUT2D eigenvalue weighted by atomic mass is 35.5. The minimum absolute atomic E-state index is 0.216. The second-order valence-electron chi connectivity index (χ2n) is 7.70. The number of nitrogen functional groups attached to an aromatic ring is 1. The summed E-state index contributed by atoms with van der Waals surface area (Å²) in [5, 5.41) is 8.51. The first-order valence-electron chi connectivity index (χ1n) is 9.74. The van der Waals surface area contributed by atoms with Gasteiger partial charge >= 0.3 is 6.03 Å². The quantitative estimate of drug-likeness (QED) is 0.556. The number of hydrogen-bond acceptors (Lipinski definition) is 5. The molecule has 4 rings (SSSR count). The van der Waals surface area contributed by atoms with E-state index in [0.717, 1.165) is 24.7 Å². The molecule has 0 bridgehead atoms. The van der Waals surface area contributed by atoms with Crippen LogP contribution in [0.4, 0.5) is 21.9 Å². The maximum Gasteiger partial charge on any atom is 0.323 e. The molecule has 0 spiro atoms. The lowest BCUT2D eigenvalue weighted by atomic mass is 9.65. The Hall–Kier alpha value is -2.87. The highest BCUT2D eigenvalue weighted by molar-refractivity contribution is 6.29. The Labute approximate surface area is 173 Å². The Kier molecular flexibility index (Phi) is 5.53. The van der Waals surface area contributed by atoms with Crippen LogP contribution in [0.1, 0.15) is 42.6 Å². The van der Waals surface area contributed by atoms with Gasteiger partial charge in [-0.2, -0.15) is 0 Å². The normalized spacial score (nSPS) is 20.9. The highest BCUT2D eigenvalue weighted by Gasteiger charge is 2.38. The first-order valence-corrected chi connectivity index (χ1v) is 10.1. The molecule has 2 aliphatic carbocycles. The number of nitrogens with one attached hydrogen (secondary N) is 3. The molecule has 29 heavy (non-hydrogen) atoms. The summed E-state index contributed by atoms with van der Waals surface area (Å²) in [5.74, 6) is 1.39. The number of nitrogens with two attached hydrogens (primary N) is 1. The molecule has 2 fully saturated rings. The number of amides is 3. The van der Waals surface area contributed by atoms with Crippen LogP contribution in [0.15, 0.2) is 30.6 Å². The molecule has 5 N–H and O–H groups in total. The second kappa shape index (κ2) is 8.24. The standard InChI is InChI=1S/C20H23ClN6O2/c21-18-9-16(15(22)10-24-18)27-20(29)26-13-4-5-23-17(8-13)19(28)25-14-6-12(7-14)11-2-1-3-11/h4-5,8-12,14H,1-3,6-7,22H2,(H,25,28)(H2,23,24,26,27,29). The number of anilines is 3. The maximum atomic E-state index is 12.5. The summed E-state index contributed by atoms with van der Waals surface area (Å²) in [6.07, 6.45) is 8.96. The van der Waals surface area contributed by atoms with Crippen LogP contribution in [0.2, 0.25) is 5.15 Å². The summed E-state index contributed by atoms with van der Waals surface area (Å²) in [7, 11) is 0. The van der Waals surface area contributed by atoms with Crippen LogP contribution in [0.3, 0.4) is 0 Å². The molecule has 9 heteroatoms. The van der Waals surface area contributed by atoms with Crippen molar-refractivity contribution < 1.29 is 9.59 Å². The fourth-order valence-corrected chi connectivity index (χ4v) is 3.96. The van der Waals surface area contributed by atoms with Crippen LogP contribution < -0.4 is 21.7 Å². The van der Waals surface area contributed by atoms with E-state index in [0.29, 0.717) is 17.1 Å². The first-order chi connectivity index (χ1) is 14.0. The number of urea groups is 1. The molecule has 0 saturated heterocycles. The molecule has 2 aliphatic rings.